The van der Waals surface area contributed by atoms with Crippen molar-refractivity contribution in [1.29, 1.82) is 0 Å². The zero-order valence-electron chi connectivity index (χ0n) is 14.9. The Bertz CT molecular complexity index is 863. The molecule has 0 amide bonds. The normalized spacial score (nSPS) is 14.3. The van der Waals surface area contributed by atoms with Gasteiger partial charge in [-0.1, -0.05) is 30.3 Å². The van der Waals surface area contributed by atoms with Gasteiger partial charge in [0.15, 0.2) is 5.82 Å². The minimum Gasteiger partial charge on any atom is -0.368 e. The van der Waals surface area contributed by atoms with Crippen molar-refractivity contribution in [3.05, 3.63) is 72.2 Å². The first-order chi connectivity index (χ1) is 13.3. The second-order valence-electron chi connectivity index (χ2n) is 6.43. The van der Waals surface area contributed by atoms with Gasteiger partial charge in [-0.25, -0.2) is 4.39 Å². The van der Waals surface area contributed by atoms with Crippen molar-refractivity contribution < 1.29 is 4.39 Å². The number of halogens is 1. The second kappa shape index (κ2) is 7.99. The molecule has 0 aliphatic carbocycles. The minimum absolute atomic E-state index is 0.242. The number of nitrogens with one attached hydrogen (secondary N) is 1. The van der Waals surface area contributed by atoms with E-state index in [0.29, 0.717) is 12.5 Å². The Kier molecular flexibility index (Phi) is 5.09. The van der Waals surface area contributed by atoms with Gasteiger partial charge in [0, 0.05) is 38.4 Å². The minimum atomic E-state index is -0.242. The highest BCUT2D eigenvalue weighted by Gasteiger charge is 2.19. The quantitative estimate of drug-likeness (QED) is 0.751. The molecule has 2 aromatic carbocycles. The van der Waals surface area contributed by atoms with Crippen molar-refractivity contribution in [1.82, 2.24) is 15.2 Å². The SMILES string of the molecule is Fc1ccc(CNc2nncc(N3CCN(c4ccccc4)CC3)n2)cc1. The van der Waals surface area contributed by atoms with Crippen molar-refractivity contribution in [2.45, 2.75) is 6.54 Å². The second-order valence-corrected chi connectivity index (χ2v) is 6.43. The van der Waals surface area contributed by atoms with Gasteiger partial charge in [-0.3, -0.25) is 0 Å². The van der Waals surface area contributed by atoms with Crippen LogP contribution in [-0.4, -0.2) is 41.4 Å². The maximum Gasteiger partial charge on any atom is 0.244 e. The number of hydrogen-bond acceptors (Lipinski definition) is 6. The molecule has 0 unspecified atom stereocenters. The third-order valence-corrected chi connectivity index (χ3v) is 4.64. The van der Waals surface area contributed by atoms with E-state index in [9.17, 15) is 4.39 Å². The molecule has 1 aromatic heterocycles. The van der Waals surface area contributed by atoms with Crippen LogP contribution in [0.4, 0.5) is 21.8 Å². The summed E-state index contributed by atoms with van der Waals surface area (Å²) in [5, 5.41) is 11.3. The largest absolute Gasteiger partial charge is 0.368 e. The molecular formula is C20H21FN6. The topological polar surface area (TPSA) is 57.2 Å². The van der Waals surface area contributed by atoms with Gasteiger partial charge in [-0.15, -0.1) is 5.10 Å². The molecule has 7 heteroatoms. The Morgan fingerprint density at radius 1 is 0.889 bits per heavy atom. The Balaban J connectivity index is 1.36. The molecule has 2 heterocycles. The number of nitrogens with zero attached hydrogens (tertiary/aromatic N) is 5. The van der Waals surface area contributed by atoms with Gasteiger partial charge in [0.25, 0.3) is 0 Å². The van der Waals surface area contributed by atoms with Crippen LogP contribution in [0.25, 0.3) is 0 Å². The molecule has 27 heavy (non-hydrogen) atoms. The lowest BCUT2D eigenvalue weighted by Gasteiger charge is -2.36. The van der Waals surface area contributed by atoms with Crippen LogP contribution < -0.4 is 15.1 Å². The highest BCUT2D eigenvalue weighted by molar-refractivity contribution is 5.49. The van der Waals surface area contributed by atoms with Gasteiger partial charge in [-0.05, 0) is 29.8 Å². The summed E-state index contributed by atoms with van der Waals surface area (Å²) in [5.41, 5.74) is 2.21. The fourth-order valence-electron chi connectivity index (χ4n) is 3.14. The highest BCUT2D eigenvalue weighted by atomic mass is 19.1. The highest BCUT2D eigenvalue weighted by Crippen LogP contribution is 2.19. The summed E-state index contributed by atoms with van der Waals surface area (Å²) < 4.78 is 13.0. The summed E-state index contributed by atoms with van der Waals surface area (Å²) in [6.07, 6.45) is 1.70. The monoisotopic (exact) mass is 364 g/mol. The van der Waals surface area contributed by atoms with Crippen LogP contribution in [-0.2, 0) is 6.54 Å². The number of benzene rings is 2. The molecule has 1 fully saturated rings. The van der Waals surface area contributed by atoms with Crippen molar-refractivity contribution in [2.24, 2.45) is 0 Å². The average Bonchev–Trinajstić information content (AvgIpc) is 2.74. The van der Waals surface area contributed by atoms with Crippen LogP contribution in [0, 0.1) is 5.82 Å². The number of para-hydroxylation sites is 1. The van der Waals surface area contributed by atoms with Crippen molar-refractivity contribution in [3.8, 4) is 0 Å². The molecule has 3 aromatic rings. The molecule has 0 radical (unpaired) electrons. The van der Waals surface area contributed by atoms with Crippen LogP contribution in [0.1, 0.15) is 5.56 Å². The van der Waals surface area contributed by atoms with Crippen molar-refractivity contribution in [2.75, 3.05) is 41.3 Å². The number of hydrogen-bond donors (Lipinski definition) is 1. The molecule has 1 saturated heterocycles. The molecular weight excluding hydrogens is 343 g/mol. The predicted molar refractivity (Wildman–Crippen MR) is 104 cm³/mol. The average molecular weight is 364 g/mol. The molecule has 1 aliphatic heterocycles. The number of rotatable bonds is 5. The van der Waals surface area contributed by atoms with Crippen LogP contribution in [0.3, 0.4) is 0 Å². The number of piperazine rings is 1. The third-order valence-electron chi connectivity index (χ3n) is 4.64. The standard InChI is InChI=1S/C20H21FN6/c21-17-8-6-16(7-9-17)14-22-20-24-19(15-23-25-20)27-12-10-26(11-13-27)18-4-2-1-3-5-18/h1-9,15H,10-14H2,(H,22,24,25). The van der Waals surface area contributed by atoms with Gasteiger partial charge in [0.1, 0.15) is 5.82 Å². The summed E-state index contributed by atoms with van der Waals surface area (Å²) in [6, 6.07) is 16.8. The maximum absolute atomic E-state index is 13.0. The smallest absolute Gasteiger partial charge is 0.244 e. The zero-order valence-corrected chi connectivity index (χ0v) is 14.9. The van der Waals surface area contributed by atoms with Gasteiger partial charge in [0.2, 0.25) is 5.95 Å². The summed E-state index contributed by atoms with van der Waals surface area (Å²) in [4.78, 5) is 9.17. The Labute approximate surface area is 157 Å². The van der Waals surface area contributed by atoms with Crippen LogP contribution in [0.15, 0.2) is 60.8 Å². The van der Waals surface area contributed by atoms with E-state index in [4.69, 9.17) is 0 Å². The fourth-order valence-corrected chi connectivity index (χ4v) is 3.14. The Morgan fingerprint density at radius 2 is 1.59 bits per heavy atom. The Hall–Kier alpha value is -3.22. The van der Waals surface area contributed by atoms with Crippen LogP contribution >= 0.6 is 0 Å². The van der Waals surface area contributed by atoms with E-state index in [-0.39, 0.29) is 5.82 Å². The van der Waals surface area contributed by atoms with E-state index < -0.39 is 0 Å². The number of aromatic nitrogens is 3. The lowest BCUT2D eigenvalue weighted by atomic mass is 10.2. The maximum atomic E-state index is 13.0. The summed E-state index contributed by atoms with van der Waals surface area (Å²) in [7, 11) is 0. The fraction of sp³-hybridized carbons (Fsp3) is 0.250. The van der Waals surface area contributed by atoms with Gasteiger partial charge >= 0.3 is 0 Å². The van der Waals surface area contributed by atoms with E-state index in [1.165, 1.54) is 17.8 Å². The van der Waals surface area contributed by atoms with Gasteiger partial charge < -0.3 is 15.1 Å². The van der Waals surface area contributed by atoms with E-state index in [0.717, 1.165) is 37.6 Å². The van der Waals surface area contributed by atoms with Crippen molar-refractivity contribution in [3.63, 3.8) is 0 Å². The molecule has 138 valence electrons. The first-order valence-electron chi connectivity index (χ1n) is 9.01. The van der Waals surface area contributed by atoms with Crippen molar-refractivity contribution >= 4 is 17.5 Å². The first-order valence-corrected chi connectivity index (χ1v) is 9.01. The number of anilines is 3. The third kappa shape index (κ3) is 4.31. The van der Waals surface area contributed by atoms with E-state index in [2.05, 4.69) is 54.6 Å². The molecule has 0 spiro atoms. The predicted octanol–water partition coefficient (Wildman–Crippen LogP) is 2.95. The Morgan fingerprint density at radius 3 is 2.33 bits per heavy atom. The zero-order chi connectivity index (χ0) is 18.5. The summed E-state index contributed by atoms with van der Waals surface area (Å²) in [5.74, 6) is 1.05. The molecule has 0 atom stereocenters. The molecule has 1 N–H and O–H groups in total. The molecule has 1 aliphatic rings. The summed E-state index contributed by atoms with van der Waals surface area (Å²) in [6.45, 7) is 4.15. The first kappa shape index (κ1) is 17.2. The molecule has 4 rings (SSSR count). The van der Waals surface area contributed by atoms with Gasteiger partial charge in [0.05, 0.1) is 6.20 Å². The van der Waals surface area contributed by atoms with Crippen LogP contribution in [0.2, 0.25) is 0 Å². The lowest BCUT2D eigenvalue weighted by Crippen LogP contribution is -2.46. The van der Waals surface area contributed by atoms with E-state index in [1.807, 2.05) is 6.07 Å². The van der Waals surface area contributed by atoms with Crippen LogP contribution in [0.5, 0.6) is 0 Å². The molecule has 6 nitrogen and oxygen atoms in total. The van der Waals surface area contributed by atoms with E-state index >= 15 is 0 Å². The molecule has 0 saturated carbocycles. The van der Waals surface area contributed by atoms with Gasteiger partial charge in [-0.2, -0.15) is 10.1 Å². The van der Waals surface area contributed by atoms with E-state index in [1.54, 1.807) is 18.3 Å². The molecule has 0 bridgehead atoms. The lowest BCUT2D eigenvalue weighted by molar-refractivity contribution is 0.627. The summed E-state index contributed by atoms with van der Waals surface area (Å²) >= 11 is 0.